The lowest BCUT2D eigenvalue weighted by molar-refractivity contribution is -0.121. The van der Waals surface area contributed by atoms with Gasteiger partial charge >= 0.3 is 0 Å². The van der Waals surface area contributed by atoms with Crippen LogP contribution in [0.1, 0.15) is 12.2 Å². The Bertz CT molecular complexity index is 244. The van der Waals surface area contributed by atoms with Gasteiger partial charge < -0.3 is 15.5 Å². The number of hydrogen-bond acceptors (Lipinski definition) is 3. The first-order valence-corrected chi connectivity index (χ1v) is 4.32. The first kappa shape index (κ1) is 9.80. The monoisotopic (exact) mass is 182 g/mol. The summed E-state index contributed by atoms with van der Waals surface area (Å²) >= 11 is 0. The zero-order chi connectivity index (χ0) is 9.52. The second kappa shape index (κ2) is 5.37. The molecule has 3 N–H and O–H groups in total. The molecule has 1 aromatic rings. The summed E-state index contributed by atoms with van der Waals surface area (Å²) in [5.41, 5.74) is 5.23. The van der Waals surface area contributed by atoms with E-state index in [0.29, 0.717) is 25.9 Å². The van der Waals surface area contributed by atoms with Gasteiger partial charge in [0.1, 0.15) is 5.76 Å². The van der Waals surface area contributed by atoms with Gasteiger partial charge in [0, 0.05) is 25.9 Å². The molecule has 1 heterocycles. The highest BCUT2D eigenvalue weighted by atomic mass is 16.3. The maximum absolute atomic E-state index is 11.1. The fourth-order valence-corrected chi connectivity index (χ4v) is 0.992. The summed E-state index contributed by atoms with van der Waals surface area (Å²) in [5.74, 6) is 0.852. The van der Waals surface area contributed by atoms with Crippen LogP contribution in [0.15, 0.2) is 22.8 Å². The highest BCUT2D eigenvalue weighted by Crippen LogP contribution is 2.02. The van der Waals surface area contributed by atoms with Crippen LogP contribution in [-0.4, -0.2) is 19.0 Å². The number of carbonyl (C=O) groups excluding carboxylic acids is 1. The van der Waals surface area contributed by atoms with Gasteiger partial charge in [0.2, 0.25) is 5.91 Å². The van der Waals surface area contributed by atoms with E-state index in [1.165, 1.54) is 0 Å². The third kappa shape index (κ3) is 3.75. The minimum absolute atomic E-state index is 0.0156. The number of carbonyl (C=O) groups is 1. The standard InChI is InChI=1S/C9H14N2O2/c10-5-6-11-9(12)4-3-8-2-1-7-13-8/h1-2,7H,3-6,10H2,(H,11,12). The second-order valence-electron chi connectivity index (χ2n) is 2.72. The van der Waals surface area contributed by atoms with Crippen molar-refractivity contribution in [2.75, 3.05) is 13.1 Å². The highest BCUT2D eigenvalue weighted by Gasteiger charge is 2.02. The van der Waals surface area contributed by atoms with Crippen molar-refractivity contribution in [2.24, 2.45) is 5.73 Å². The fraction of sp³-hybridized carbons (Fsp3) is 0.444. The molecule has 13 heavy (non-hydrogen) atoms. The molecule has 0 saturated carbocycles. The Hall–Kier alpha value is -1.29. The largest absolute Gasteiger partial charge is 0.469 e. The Labute approximate surface area is 77.1 Å². The van der Waals surface area contributed by atoms with Crippen molar-refractivity contribution in [2.45, 2.75) is 12.8 Å². The van der Waals surface area contributed by atoms with Gasteiger partial charge in [-0.1, -0.05) is 0 Å². The van der Waals surface area contributed by atoms with Crippen molar-refractivity contribution in [3.8, 4) is 0 Å². The Morgan fingerprint density at radius 3 is 3.08 bits per heavy atom. The van der Waals surface area contributed by atoms with Crippen LogP contribution < -0.4 is 11.1 Å². The highest BCUT2D eigenvalue weighted by molar-refractivity contribution is 5.76. The summed E-state index contributed by atoms with van der Waals surface area (Å²) in [4.78, 5) is 11.1. The fourth-order valence-electron chi connectivity index (χ4n) is 0.992. The molecule has 0 bridgehead atoms. The second-order valence-corrected chi connectivity index (χ2v) is 2.72. The third-order valence-electron chi connectivity index (χ3n) is 1.65. The van der Waals surface area contributed by atoms with Crippen molar-refractivity contribution in [1.29, 1.82) is 0 Å². The maximum Gasteiger partial charge on any atom is 0.220 e. The molecule has 1 rings (SSSR count). The lowest BCUT2D eigenvalue weighted by Crippen LogP contribution is -2.29. The van der Waals surface area contributed by atoms with Crippen LogP contribution in [0.25, 0.3) is 0 Å². The molecule has 0 radical (unpaired) electrons. The van der Waals surface area contributed by atoms with Gasteiger partial charge in [-0.15, -0.1) is 0 Å². The maximum atomic E-state index is 11.1. The minimum atomic E-state index is 0.0156. The first-order chi connectivity index (χ1) is 6.33. The normalized spacial score (nSPS) is 9.92. The van der Waals surface area contributed by atoms with E-state index in [1.807, 2.05) is 12.1 Å². The van der Waals surface area contributed by atoms with Crippen molar-refractivity contribution in [3.63, 3.8) is 0 Å². The van der Waals surface area contributed by atoms with E-state index in [4.69, 9.17) is 10.2 Å². The Morgan fingerprint density at radius 1 is 1.62 bits per heavy atom. The number of aryl methyl sites for hydroxylation is 1. The van der Waals surface area contributed by atoms with E-state index < -0.39 is 0 Å². The molecule has 1 amide bonds. The minimum Gasteiger partial charge on any atom is -0.469 e. The van der Waals surface area contributed by atoms with E-state index in [2.05, 4.69) is 5.32 Å². The topological polar surface area (TPSA) is 68.3 Å². The van der Waals surface area contributed by atoms with E-state index in [0.717, 1.165) is 5.76 Å². The number of nitrogens with two attached hydrogens (primary N) is 1. The van der Waals surface area contributed by atoms with Crippen molar-refractivity contribution in [1.82, 2.24) is 5.32 Å². The van der Waals surface area contributed by atoms with Gasteiger partial charge in [-0.05, 0) is 12.1 Å². The number of furan rings is 1. The summed E-state index contributed by atoms with van der Waals surface area (Å²) in [6, 6.07) is 3.67. The molecule has 1 aromatic heterocycles. The quantitative estimate of drug-likeness (QED) is 0.687. The molecular formula is C9H14N2O2. The molecule has 0 aliphatic rings. The SMILES string of the molecule is NCCNC(=O)CCc1ccco1. The number of rotatable bonds is 5. The summed E-state index contributed by atoms with van der Waals surface area (Å²) in [6.45, 7) is 1.02. The van der Waals surface area contributed by atoms with E-state index in [1.54, 1.807) is 6.26 Å². The van der Waals surface area contributed by atoms with Gasteiger partial charge in [0.15, 0.2) is 0 Å². The van der Waals surface area contributed by atoms with E-state index >= 15 is 0 Å². The smallest absolute Gasteiger partial charge is 0.220 e. The van der Waals surface area contributed by atoms with Crippen molar-refractivity contribution >= 4 is 5.91 Å². The van der Waals surface area contributed by atoms with Crippen LogP contribution in [0.2, 0.25) is 0 Å². The third-order valence-corrected chi connectivity index (χ3v) is 1.65. The van der Waals surface area contributed by atoms with Gasteiger partial charge in [0.05, 0.1) is 6.26 Å². The average molecular weight is 182 g/mol. The molecule has 72 valence electrons. The number of hydrogen-bond donors (Lipinski definition) is 2. The zero-order valence-electron chi connectivity index (χ0n) is 7.45. The van der Waals surface area contributed by atoms with Crippen molar-refractivity contribution in [3.05, 3.63) is 24.2 Å². The van der Waals surface area contributed by atoms with Crippen LogP contribution in [0, 0.1) is 0 Å². The number of nitrogens with one attached hydrogen (secondary N) is 1. The Balaban J connectivity index is 2.15. The molecule has 0 atom stereocenters. The molecule has 0 saturated heterocycles. The van der Waals surface area contributed by atoms with Gasteiger partial charge in [-0.25, -0.2) is 0 Å². The molecule has 4 nitrogen and oxygen atoms in total. The lowest BCUT2D eigenvalue weighted by Gasteiger charge is -2.01. The average Bonchev–Trinajstić information content (AvgIpc) is 2.64. The van der Waals surface area contributed by atoms with Gasteiger partial charge in [0.25, 0.3) is 0 Å². The van der Waals surface area contributed by atoms with E-state index in [-0.39, 0.29) is 5.91 Å². The molecule has 0 spiro atoms. The molecule has 4 heteroatoms. The molecule has 0 aliphatic heterocycles. The molecule has 0 fully saturated rings. The Kier molecular flexibility index (Phi) is 4.05. The predicted octanol–water partition coefficient (Wildman–Crippen LogP) is 0.287. The van der Waals surface area contributed by atoms with Gasteiger partial charge in [-0.3, -0.25) is 4.79 Å². The van der Waals surface area contributed by atoms with Crippen LogP contribution in [0.5, 0.6) is 0 Å². The van der Waals surface area contributed by atoms with Crippen LogP contribution in [0.4, 0.5) is 0 Å². The molecule has 0 aliphatic carbocycles. The molecule has 0 aromatic carbocycles. The first-order valence-electron chi connectivity index (χ1n) is 4.32. The van der Waals surface area contributed by atoms with Gasteiger partial charge in [-0.2, -0.15) is 0 Å². The van der Waals surface area contributed by atoms with E-state index in [9.17, 15) is 4.79 Å². The summed E-state index contributed by atoms with van der Waals surface area (Å²) in [5, 5.41) is 2.69. The number of amides is 1. The summed E-state index contributed by atoms with van der Waals surface area (Å²) in [7, 11) is 0. The van der Waals surface area contributed by atoms with Crippen LogP contribution in [0.3, 0.4) is 0 Å². The molecule has 0 unspecified atom stereocenters. The lowest BCUT2D eigenvalue weighted by atomic mass is 10.2. The van der Waals surface area contributed by atoms with Crippen LogP contribution >= 0.6 is 0 Å². The Morgan fingerprint density at radius 2 is 2.46 bits per heavy atom. The summed E-state index contributed by atoms with van der Waals surface area (Å²) < 4.78 is 5.08. The zero-order valence-corrected chi connectivity index (χ0v) is 7.45. The molecular weight excluding hydrogens is 168 g/mol. The summed E-state index contributed by atoms with van der Waals surface area (Å²) in [6.07, 6.45) is 2.70. The van der Waals surface area contributed by atoms with Crippen molar-refractivity contribution < 1.29 is 9.21 Å². The van der Waals surface area contributed by atoms with Crippen LogP contribution in [-0.2, 0) is 11.2 Å². The predicted molar refractivity (Wildman–Crippen MR) is 49.1 cm³/mol.